The van der Waals surface area contributed by atoms with E-state index in [1.165, 1.54) is 25.7 Å². The van der Waals surface area contributed by atoms with E-state index in [1.54, 1.807) is 0 Å². The average Bonchev–Trinajstić information content (AvgIpc) is 2.87. The van der Waals surface area contributed by atoms with Crippen molar-refractivity contribution in [2.75, 3.05) is 13.2 Å². The number of hydrogen-bond acceptors (Lipinski definition) is 2. The Morgan fingerprint density at radius 2 is 1.64 bits per heavy atom. The lowest BCUT2D eigenvalue weighted by molar-refractivity contribution is 0.0904. The van der Waals surface area contributed by atoms with Crippen molar-refractivity contribution in [2.45, 2.75) is 25.7 Å². The Balaban J connectivity index is 1.80. The van der Waals surface area contributed by atoms with Gasteiger partial charge in [0.05, 0.1) is 0 Å². The van der Waals surface area contributed by atoms with E-state index in [-0.39, 0.29) is 0 Å². The van der Waals surface area contributed by atoms with Crippen LogP contribution in [0.15, 0.2) is 0 Å². The zero-order chi connectivity index (χ0) is 9.71. The summed E-state index contributed by atoms with van der Waals surface area (Å²) in [7, 11) is 0. The molecule has 3 aliphatic rings. The zero-order valence-electron chi connectivity index (χ0n) is 8.60. The summed E-state index contributed by atoms with van der Waals surface area (Å²) in [4.78, 5) is 0. The van der Waals surface area contributed by atoms with E-state index in [9.17, 15) is 10.2 Å². The van der Waals surface area contributed by atoms with Crippen LogP contribution in [0.1, 0.15) is 25.7 Å². The molecule has 0 aromatic heterocycles. The van der Waals surface area contributed by atoms with Crippen molar-refractivity contribution in [1.82, 2.24) is 0 Å². The van der Waals surface area contributed by atoms with Gasteiger partial charge >= 0.3 is 0 Å². The number of rotatable bonds is 2. The molecule has 2 heteroatoms. The van der Waals surface area contributed by atoms with E-state index in [1.807, 2.05) is 0 Å². The molecule has 0 radical (unpaired) electrons. The van der Waals surface area contributed by atoms with Gasteiger partial charge < -0.3 is 10.2 Å². The molecule has 3 aliphatic carbocycles. The Kier molecular flexibility index (Phi) is 2.10. The van der Waals surface area contributed by atoms with Gasteiger partial charge in [-0.3, -0.25) is 0 Å². The fraction of sp³-hybridized carbons (Fsp3) is 1.00. The van der Waals surface area contributed by atoms with Gasteiger partial charge in [0.1, 0.15) is 0 Å². The molecule has 0 saturated heterocycles. The van der Waals surface area contributed by atoms with Crippen LogP contribution in [0.25, 0.3) is 0 Å². The lowest BCUT2D eigenvalue weighted by Crippen LogP contribution is -2.30. The van der Waals surface area contributed by atoms with E-state index in [4.69, 9.17) is 0 Å². The zero-order valence-corrected chi connectivity index (χ0v) is 8.60. The first-order valence-corrected chi connectivity index (χ1v) is 6.07. The lowest BCUT2D eigenvalue weighted by atomic mass is 9.74. The van der Waals surface area contributed by atoms with Crippen molar-refractivity contribution in [3.05, 3.63) is 0 Å². The number of aliphatic hydroxyl groups excluding tert-OH is 2. The van der Waals surface area contributed by atoms with Crippen LogP contribution >= 0.6 is 0 Å². The number of hydrogen-bond donors (Lipinski definition) is 2. The predicted octanol–water partition coefficient (Wildman–Crippen LogP) is 1.27. The summed E-state index contributed by atoms with van der Waals surface area (Å²) < 4.78 is 0. The molecule has 4 unspecified atom stereocenters. The van der Waals surface area contributed by atoms with Crippen molar-refractivity contribution in [3.63, 3.8) is 0 Å². The molecule has 0 heterocycles. The summed E-state index contributed by atoms with van der Waals surface area (Å²) in [5.41, 5.74) is 0. The normalized spacial score (nSPS) is 55.3. The Morgan fingerprint density at radius 1 is 0.857 bits per heavy atom. The second-order valence-electron chi connectivity index (χ2n) is 5.60. The Morgan fingerprint density at radius 3 is 2.36 bits per heavy atom. The average molecular weight is 196 g/mol. The SMILES string of the molecule is OC[C@@H]1CC2CC1C1CC[C@@H](CO)C21. The van der Waals surface area contributed by atoms with E-state index < -0.39 is 0 Å². The van der Waals surface area contributed by atoms with Crippen LogP contribution in [0.2, 0.25) is 0 Å². The third-order valence-corrected chi connectivity index (χ3v) is 5.26. The lowest BCUT2D eigenvalue weighted by Gasteiger charge is -2.32. The fourth-order valence-corrected chi connectivity index (χ4v) is 4.84. The molecule has 3 fully saturated rings. The van der Waals surface area contributed by atoms with Gasteiger partial charge in [0, 0.05) is 13.2 Å². The monoisotopic (exact) mass is 196 g/mol. The maximum absolute atomic E-state index is 9.31. The van der Waals surface area contributed by atoms with Crippen LogP contribution in [-0.4, -0.2) is 23.4 Å². The molecule has 0 amide bonds. The molecule has 3 rings (SSSR count). The van der Waals surface area contributed by atoms with Crippen molar-refractivity contribution < 1.29 is 10.2 Å². The first-order chi connectivity index (χ1) is 6.85. The minimum atomic E-state index is 0.397. The molecule has 14 heavy (non-hydrogen) atoms. The first-order valence-electron chi connectivity index (χ1n) is 6.07. The molecule has 0 aliphatic heterocycles. The molecule has 6 atom stereocenters. The molecule has 0 aromatic carbocycles. The van der Waals surface area contributed by atoms with Gasteiger partial charge in [-0.25, -0.2) is 0 Å². The van der Waals surface area contributed by atoms with E-state index >= 15 is 0 Å². The van der Waals surface area contributed by atoms with Crippen LogP contribution in [0.4, 0.5) is 0 Å². The maximum atomic E-state index is 9.31. The minimum absolute atomic E-state index is 0.397. The van der Waals surface area contributed by atoms with Gasteiger partial charge in [-0.05, 0) is 61.2 Å². The van der Waals surface area contributed by atoms with Crippen LogP contribution in [0, 0.1) is 35.5 Å². The maximum Gasteiger partial charge on any atom is 0.0462 e. The summed E-state index contributed by atoms with van der Waals surface area (Å²) in [5.74, 6) is 4.48. The quantitative estimate of drug-likeness (QED) is 0.698. The van der Waals surface area contributed by atoms with Crippen molar-refractivity contribution in [1.29, 1.82) is 0 Å². The van der Waals surface area contributed by atoms with Gasteiger partial charge in [-0.2, -0.15) is 0 Å². The largest absolute Gasteiger partial charge is 0.396 e. The minimum Gasteiger partial charge on any atom is -0.396 e. The number of fused-ring (bicyclic) bond motifs is 5. The molecular weight excluding hydrogens is 176 g/mol. The highest BCUT2D eigenvalue weighted by Gasteiger charge is 2.56. The second kappa shape index (κ2) is 3.21. The Hall–Kier alpha value is -0.0800. The van der Waals surface area contributed by atoms with Crippen molar-refractivity contribution >= 4 is 0 Å². The molecule has 2 nitrogen and oxygen atoms in total. The molecule has 2 bridgehead atoms. The van der Waals surface area contributed by atoms with E-state index in [2.05, 4.69) is 0 Å². The van der Waals surface area contributed by atoms with E-state index in [0.29, 0.717) is 25.0 Å². The van der Waals surface area contributed by atoms with Crippen LogP contribution in [-0.2, 0) is 0 Å². The molecule has 3 saturated carbocycles. The van der Waals surface area contributed by atoms with Gasteiger partial charge in [0.2, 0.25) is 0 Å². The van der Waals surface area contributed by atoms with Gasteiger partial charge in [0.15, 0.2) is 0 Å². The molecule has 0 spiro atoms. The smallest absolute Gasteiger partial charge is 0.0462 e. The van der Waals surface area contributed by atoms with Gasteiger partial charge in [0.25, 0.3) is 0 Å². The summed E-state index contributed by atoms with van der Waals surface area (Å²) in [6, 6.07) is 0. The number of aliphatic hydroxyl groups is 2. The Labute approximate surface area is 85.3 Å². The Bertz CT molecular complexity index is 226. The van der Waals surface area contributed by atoms with Crippen LogP contribution in [0.3, 0.4) is 0 Å². The fourth-order valence-electron chi connectivity index (χ4n) is 4.84. The molecular formula is C12H20O2. The standard InChI is InChI=1S/C12H20O2/c13-5-7-1-2-10-11-4-8(12(7)10)3-9(11)6-14/h7-14H,1-6H2/t7-,8?,9-,10?,11?,12?/m0/s1. The van der Waals surface area contributed by atoms with E-state index in [0.717, 1.165) is 23.7 Å². The first kappa shape index (κ1) is 9.17. The van der Waals surface area contributed by atoms with Crippen LogP contribution in [0.5, 0.6) is 0 Å². The summed E-state index contributed by atoms with van der Waals surface area (Å²) >= 11 is 0. The van der Waals surface area contributed by atoms with Crippen LogP contribution < -0.4 is 0 Å². The predicted molar refractivity (Wildman–Crippen MR) is 53.6 cm³/mol. The summed E-state index contributed by atoms with van der Waals surface area (Å²) in [6.07, 6.45) is 5.13. The molecule has 2 N–H and O–H groups in total. The highest BCUT2D eigenvalue weighted by atomic mass is 16.3. The van der Waals surface area contributed by atoms with Crippen molar-refractivity contribution in [3.8, 4) is 0 Å². The highest BCUT2D eigenvalue weighted by molar-refractivity contribution is 5.05. The van der Waals surface area contributed by atoms with Crippen molar-refractivity contribution in [2.24, 2.45) is 35.5 Å². The highest BCUT2D eigenvalue weighted by Crippen LogP contribution is 2.62. The molecule has 80 valence electrons. The second-order valence-corrected chi connectivity index (χ2v) is 5.60. The summed E-state index contributed by atoms with van der Waals surface area (Å²) in [5, 5.41) is 18.6. The van der Waals surface area contributed by atoms with Gasteiger partial charge in [-0.15, -0.1) is 0 Å². The third-order valence-electron chi connectivity index (χ3n) is 5.26. The van der Waals surface area contributed by atoms with Gasteiger partial charge in [-0.1, -0.05) is 0 Å². The molecule has 0 aromatic rings. The third kappa shape index (κ3) is 1.04. The summed E-state index contributed by atoms with van der Waals surface area (Å²) in [6.45, 7) is 0.794. The topological polar surface area (TPSA) is 40.5 Å².